The molecule has 4 fully saturated rings. The minimum Gasteiger partial charge on any atom is -0.466 e. The summed E-state index contributed by atoms with van der Waals surface area (Å²) < 4.78 is 28.3. The molecule has 0 saturated heterocycles. The Balaban J connectivity index is 1.92. The Hall–Kier alpha value is -2.73. The zero-order chi connectivity index (χ0) is 31.3. The molecule has 0 aromatic carbocycles. The fourth-order valence-electron chi connectivity index (χ4n) is 9.23. The van der Waals surface area contributed by atoms with Crippen LogP contribution in [-0.4, -0.2) is 82.8 Å². The van der Waals surface area contributed by atoms with Crippen LogP contribution in [0.3, 0.4) is 0 Å². The van der Waals surface area contributed by atoms with Gasteiger partial charge in [0.25, 0.3) is 0 Å². The number of carbonyl (C=O) groups excluding carboxylic acids is 5. The third-order valence-electron chi connectivity index (χ3n) is 10.6. The largest absolute Gasteiger partial charge is 0.466 e. The fraction of sp³-hybridized carbons (Fsp3) is 0.833. The van der Waals surface area contributed by atoms with E-state index < -0.39 is 94.6 Å². The van der Waals surface area contributed by atoms with Gasteiger partial charge in [-0.2, -0.15) is 0 Å². The van der Waals surface area contributed by atoms with E-state index in [-0.39, 0.29) is 45.1 Å². The van der Waals surface area contributed by atoms with Gasteiger partial charge in [-0.3, -0.25) is 24.0 Å². The quantitative estimate of drug-likeness (QED) is 0.324. The van der Waals surface area contributed by atoms with Gasteiger partial charge in [-0.25, -0.2) is 0 Å². The molecular weight excluding hydrogens is 552 g/mol. The highest BCUT2D eigenvalue weighted by molar-refractivity contribution is 5.74. The topological polar surface area (TPSA) is 172 Å². The summed E-state index contributed by atoms with van der Waals surface area (Å²) in [5, 5.41) is 25.1. The Morgan fingerprint density at radius 3 is 2.02 bits per heavy atom. The summed E-state index contributed by atoms with van der Waals surface area (Å²) in [4.78, 5) is 62.3. The van der Waals surface area contributed by atoms with E-state index in [0.29, 0.717) is 6.42 Å². The lowest BCUT2D eigenvalue weighted by Crippen LogP contribution is -2.76. The Bertz CT molecular complexity index is 1120. The van der Waals surface area contributed by atoms with Gasteiger partial charge >= 0.3 is 29.8 Å². The lowest BCUT2D eigenvalue weighted by Gasteiger charge is -2.68. The number of rotatable bonds is 7. The van der Waals surface area contributed by atoms with Crippen LogP contribution in [0.25, 0.3) is 0 Å². The number of aliphatic hydroxyl groups is 2. The minimum absolute atomic E-state index is 0.000106. The standard InChI is InChI=1S/C30H44O12/c1-7-38-26(35)22-9-11-30(37)21-8-10-28(36)13-20(40-17(3)32)12-24(42-19(5)34)29(28,15-39-16(2)31)25(21)23(41-18(4)33)14-27(22,30)6/h20-25,36-37H,7-15H2,1-6H3/t20-,21-,22+,23-,24+,25+,27+,28+,29-,30+/m1/s1. The SMILES string of the molecule is CCOC(=O)[C@@H]1CC[C@]2(O)[C@@H]3CC[C@]4(O)C[C@H](OC(C)=O)C[C@H](OC(C)=O)[C@]4(COC(C)=O)[C@@H]3[C@H](OC(C)=O)C[C@@]12C. The molecular formula is C30H44O12. The van der Waals surface area contributed by atoms with Gasteiger partial charge in [-0.15, -0.1) is 0 Å². The van der Waals surface area contributed by atoms with Gasteiger partial charge in [-0.05, 0) is 44.9 Å². The summed E-state index contributed by atoms with van der Waals surface area (Å²) in [6, 6.07) is 0. The zero-order valence-corrected chi connectivity index (χ0v) is 25.3. The summed E-state index contributed by atoms with van der Waals surface area (Å²) in [6.07, 6.45) is -1.89. The van der Waals surface area contributed by atoms with E-state index in [4.69, 9.17) is 23.7 Å². The van der Waals surface area contributed by atoms with Crippen molar-refractivity contribution < 1.29 is 57.9 Å². The molecule has 4 saturated carbocycles. The highest BCUT2D eigenvalue weighted by Crippen LogP contribution is 2.71. The van der Waals surface area contributed by atoms with E-state index in [1.807, 2.05) is 6.92 Å². The molecule has 4 aliphatic carbocycles. The van der Waals surface area contributed by atoms with Gasteiger partial charge in [-0.1, -0.05) is 6.92 Å². The Kier molecular flexibility index (Phi) is 8.74. The molecule has 0 unspecified atom stereocenters. The second-order valence-electron chi connectivity index (χ2n) is 12.8. The molecule has 0 bridgehead atoms. The van der Waals surface area contributed by atoms with Gasteiger partial charge < -0.3 is 33.9 Å². The van der Waals surface area contributed by atoms with Crippen LogP contribution in [0.5, 0.6) is 0 Å². The molecule has 0 aliphatic heterocycles. The maximum Gasteiger partial charge on any atom is 0.309 e. The number of fused-ring (bicyclic) bond motifs is 5. The average Bonchev–Trinajstić information content (AvgIpc) is 3.12. The van der Waals surface area contributed by atoms with Gasteiger partial charge in [0, 0.05) is 51.9 Å². The maximum absolute atomic E-state index is 13.1. The van der Waals surface area contributed by atoms with Crippen molar-refractivity contribution in [3.63, 3.8) is 0 Å². The maximum atomic E-state index is 13.1. The van der Waals surface area contributed by atoms with Gasteiger partial charge in [0.15, 0.2) is 0 Å². The third-order valence-corrected chi connectivity index (χ3v) is 10.6. The Morgan fingerprint density at radius 2 is 1.45 bits per heavy atom. The van der Waals surface area contributed by atoms with Gasteiger partial charge in [0.2, 0.25) is 0 Å². The second kappa shape index (κ2) is 11.4. The van der Waals surface area contributed by atoms with Crippen LogP contribution in [0.1, 0.15) is 86.5 Å². The summed E-state index contributed by atoms with van der Waals surface area (Å²) in [5.74, 6) is -5.05. The van der Waals surface area contributed by atoms with Crippen molar-refractivity contribution in [3.8, 4) is 0 Å². The first-order valence-electron chi connectivity index (χ1n) is 14.8. The van der Waals surface area contributed by atoms with E-state index in [9.17, 15) is 34.2 Å². The fourth-order valence-corrected chi connectivity index (χ4v) is 9.23. The molecule has 10 atom stereocenters. The summed E-state index contributed by atoms with van der Waals surface area (Å²) in [7, 11) is 0. The number of carbonyl (C=O) groups is 5. The zero-order valence-electron chi connectivity index (χ0n) is 25.3. The molecule has 0 aromatic rings. The highest BCUT2D eigenvalue weighted by atomic mass is 16.6. The molecule has 42 heavy (non-hydrogen) atoms. The van der Waals surface area contributed by atoms with Crippen LogP contribution in [-0.2, 0) is 47.7 Å². The third kappa shape index (κ3) is 5.08. The Labute approximate surface area is 245 Å². The first-order valence-corrected chi connectivity index (χ1v) is 14.8. The predicted molar refractivity (Wildman–Crippen MR) is 143 cm³/mol. The van der Waals surface area contributed by atoms with E-state index >= 15 is 0 Å². The van der Waals surface area contributed by atoms with Gasteiger partial charge in [0.05, 0.1) is 29.1 Å². The van der Waals surface area contributed by atoms with Crippen LogP contribution in [0.2, 0.25) is 0 Å². The highest BCUT2D eigenvalue weighted by Gasteiger charge is 2.77. The van der Waals surface area contributed by atoms with Crippen molar-refractivity contribution in [1.29, 1.82) is 0 Å². The second-order valence-corrected chi connectivity index (χ2v) is 12.8. The van der Waals surface area contributed by atoms with Crippen molar-refractivity contribution in [3.05, 3.63) is 0 Å². The van der Waals surface area contributed by atoms with Crippen LogP contribution in [0.15, 0.2) is 0 Å². The molecule has 4 rings (SSSR count). The van der Waals surface area contributed by atoms with Crippen molar-refractivity contribution in [2.45, 2.75) is 116 Å². The smallest absolute Gasteiger partial charge is 0.309 e. The van der Waals surface area contributed by atoms with E-state index in [2.05, 4.69) is 0 Å². The first-order chi connectivity index (χ1) is 19.5. The molecule has 0 heterocycles. The van der Waals surface area contributed by atoms with E-state index in [0.717, 1.165) is 0 Å². The summed E-state index contributed by atoms with van der Waals surface area (Å²) >= 11 is 0. The molecule has 4 aliphatic rings. The lowest BCUT2D eigenvalue weighted by molar-refractivity contribution is -0.320. The molecule has 0 amide bonds. The summed E-state index contributed by atoms with van der Waals surface area (Å²) in [5.41, 5.74) is -5.72. The predicted octanol–water partition coefficient (Wildman–Crippen LogP) is 2.00. The Morgan fingerprint density at radius 1 is 0.810 bits per heavy atom. The van der Waals surface area contributed by atoms with E-state index in [1.165, 1.54) is 27.7 Å². The lowest BCUT2D eigenvalue weighted by atomic mass is 9.40. The molecule has 0 spiro atoms. The molecule has 0 radical (unpaired) electrons. The van der Waals surface area contributed by atoms with Crippen molar-refractivity contribution in [2.24, 2.45) is 28.6 Å². The molecule has 12 heteroatoms. The minimum atomic E-state index is -1.70. The van der Waals surface area contributed by atoms with Crippen LogP contribution in [0, 0.1) is 28.6 Å². The molecule has 2 N–H and O–H groups in total. The number of esters is 5. The first kappa shape index (κ1) is 32.2. The molecule has 12 nitrogen and oxygen atoms in total. The van der Waals surface area contributed by atoms with Crippen molar-refractivity contribution >= 4 is 29.8 Å². The monoisotopic (exact) mass is 596 g/mol. The van der Waals surface area contributed by atoms with E-state index in [1.54, 1.807) is 6.92 Å². The van der Waals surface area contributed by atoms with Gasteiger partial charge in [0.1, 0.15) is 24.9 Å². The normalized spacial score (nSPS) is 42.2. The van der Waals surface area contributed by atoms with Crippen molar-refractivity contribution in [1.82, 2.24) is 0 Å². The van der Waals surface area contributed by atoms with Crippen LogP contribution < -0.4 is 0 Å². The number of hydrogen-bond donors (Lipinski definition) is 2. The average molecular weight is 597 g/mol. The van der Waals surface area contributed by atoms with Crippen LogP contribution in [0.4, 0.5) is 0 Å². The van der Waals surface area contributed by atoms with Crippen LogP contribution >= 0.6 is 0 Å². The van der Waals surface area contributed by atoms with Crippen molar-refractivity contribution in [2.75, 3.05) is 13.2 Å². The molecule has 236 valence electrons. The molecule has 0 aromatic heterocycles. The number of ether oxygens (including phenoxy) is 5. The number of hydrogen-bond acceptors (Lipinski definition) is 12. The summed E-state index contributed by atoms with van der Waals surface area (Å²) in [6.45, 7) is 8.24.